The lowest BCUT2D eigenvalue weighted by Gasteiger charge is -2.34. The van der Waals surface area contributed by atoms with Gasteiger partial charge < -0.3 is 9.73 Å². The van der Waals surface area contributed by atoms with E-state index in [4.69, 9.17) is 4.42 Å². The van der Waals surface area contributed by atoms with E-state index in [-0.39, 0.29) is 4.90 Å². The molecule has 0 radical (unpaired) electrons. The van der Waals surface area contributed by atoms with Gasteiger partial charge in [-0.1, -0.05) is 20.8 Å². The number of furan rings is 1. The zero-order valence-electron chi connectivity index (χ0n) is 12.7. The van der Waals surface area contributed by atoms with Crippen molar-refractivity contribution in [2.45, 2.75) is 38.6 Å². The number of sulfonamides is 1. The Hall–Kier alpha value is -0.370. The molecule has 2 heterocycles. The predicted octanol–water partition coefficient (Wildman–Crippen LogP) is 2.82. The molecule has 2 rings (SSSR count). The second-order valence-electron chi connectivity index (χ2n) is 5.74. The van der Waals surface area contributed by atoms with Crippen LogP contribution in [0.1, 0.15) is 33.0 Å². The first-order valence-corrected chi connectivity index (χ1v) is 9.58. The quantitative estimate of drug-likeness (QED) is 0.855. The molecule has 1 saturated heterocycles. The number of piperidine rings is 1. The van der Waals surface area contributed by atoms with Crippen molar-refractivity contribution >= 4 is 26.0 Å². The van der Waals surface area contributed by atoms with Crippen molar-refractivity contribution < 1.29 is 12.8 Å². The summed E-state index contributed by atoms with van der Waals surface area (Å²) in [5.74, 6) is 1.56. The van der Waals surface area contributed by atoms with E-state index < -0.39 is 10.0 Å². The Kier molecular flexibility index (Phi) is 5.51. The zero-order valence-corrected chi connectivity index (χ0v) is 15.1. The molecule has 1 aromatic heterocycles. The van der Waals surface area contributed by atoms with E-state index in [9.17, 15) is 8.42 Å². The molecule has 1 aliphatic heterocycles. The molecule has 0 bridgehead atoms. The van der Waals surface area contributed by atoms with Crippen molar-refractivity contribution in [2.24, 2.45) is 11.8 Å². The van der Waals surface area contributed by atoms with E-state index in [1.165, 1.54) is 0 Å². The van der Waals surface area contributed by atoms with Gasteiger partial charge in [-0.3, -0.25) is 0 Å². The van der Waals surface area contributed by atoms with Gasteiger partial charge in [0, 0.05) is 19.2 Å². The molecule has 0 saturated carbocycles. The highest BCUT2D eigenvalue weighted by atomic mass is 79.9. The normalized spacial score (nSPS) is 24.4. The fourth-order valence-electron chi connectivity index (χ4n) is 2.49. The maximum atomic E-state index is 12.8. The molecule has 21 heavy (non-hydrogen) atoms. The zero-order chi connectivity index (χ0) is 15.6. The molecule has 1 aliphatic rings. The van der Waals surface area contributed by atoms with Gasteiger partial charge >= 0.3 is 0 Å². The third-order valence-corrected chi connectivity index (χ3v) is 6.89. The van der Waals surface area contributed by atoms with Crippen LogP contribution in [0, 0.1) is 11.8 Å². The summed E-state index contributed by atoms with van der Waals surface area (Å²) < 4.78 is 32.9. The molecule has 1 fully saturated rings. The summed E-state index contributed by atoms with van der Waals surface area (Å²) in [4.78, 5) is 0.233. The maximum Gasteiger partial charge on any atom is 0.247 e. The van der Waals surface area contributed by atoms with Crippen molar-refractivity contribution in [3.63, 3.8) is 0 Å². The van der Waals surface area contributed by atoms with Gasteiger partial charge in [0.25, 0.3) is 0 Å². The first-order valence-electron chi connectivity index (χ1n) is 7.35. The smallest absolute Gasteiger partial charge is 0.247 e. The number of hydrogen-bond acceptors (Lipinski definition) is 4. The molecule has 2 atom stereocenters. The van der Waals surface area contributed by atoms with Crippen LogP contribution in [0.2, 0.25) is 0 Å². The van der Waals surface area contributed by atoms with Crippen LogP contribution in [0.3, 0.4) is 0 Å². The van der Waals surface area contributed by atoms with E-state index in [1.807, 2.05) is 6.92 Å². The summed E-state index contributed by atoms with van der Waals surface area (Å²) in [7, 11) is -3.49. The fraction of sp³-hybridized carbons (Fsp3) is 0.714. The molecule has 5 nitrogen and oxygen atoms in total. The SMILES string of the molecule is CCNCc1cc(S(=O)(=O)N2CCC(C)C(C)C2)c(Br)o1. The highest BCUT2D eigenvalue weighted by molar-refractivity contribution is 9.10. The highest BCUT2D eigenvalue weighted by Crippen LogP contribution is 2.32. The molecule has 0 aromatic carbocycles. The van der Waals surface area contributed by atoms with Crippen molar-refractivity contribution in [1.82, 2.24) is 9.62 Å². The summed E-state index contributed by atoms with van der Waals surface area (Å²) in [5, 5.41) is 3.13. The molecular formula is C14H23BrN2O3S. The van der Waals surface area contributed by atoms with E-state index in [0.717, 1.165) is 13.0 Å². The summed E-state index contributed by atoms with van der Waals surface area (Å²) >= 11 is 3.24. The van der Waals surface area contributed by atoms with Gasteiger partial charge in [0.2, 0.25) is 10.0 Å². The minimum absolute atomic E-state index is 0.233. The van der Waals surface area contributed by atoms with Crippen LogP contribution < -0.4 is 5.32 Å². The third-order valence-electron chi connectivity index (χ3n) is 4.17. The van der Waals surface area contributed by atoms with Crippen LogP contribution in [0.15, 0.2) is 20.0 Å². The van der Waals surface area contributed by atoms with Crippen molar-refractivity contribution in [1.29, 1.82) is 0 Å². The van der Waals surface area contributed by atoms with Gasteiger partial charge in [-0.25, -0.2) is 8.42 Å². The van der Waals surface area contributed by atoms with Crippen molar-refractivity contribution in [2.75, 3.05) is 19.6 Å². The van der Waals surface area contributed by atoms with Crippen LogP contribution in [0.5, 0.6) is 0 Å². The van der Waals surface area contributed by atoms with Crippen LogP contribution in [0.4, 0.5) is 0 Å². The number of halogens is 1. The second-order valence-corrected chi connectivity index (χ2v) is 8.36. The third kappa shape index (κ3) is 3.70. The summed E-state index contributed by atoms with van der Waals surface area (Å²) in [5.41, 5.74) is 0. The Morgan fingerprint density at radius 2 is 2.14 bits per heavy atom. The Labute approximate surface area is 135 Å². The largest absolute Gasteiger partial charge is 0.452 e. The molecular weight excluding hydrogens is 356 g/mol. The number of nitrogens with zero attached hydrogens (tertiary/aromatic N) is 1. The Balaban J connectivity index is 2.21. The van der Waals surface area contributed by atoms with E-state index >= 15 is 0 Å². The first kappa shape index (κ1) is 17.0. The van der Waals surface area contributed by atoms with E-state index in [1.54, 1.807) is 10.4 Å². The topological polar surface area (TPSA) is 62.6 Å². The second kappa shape index (κ2) is 6.81. The molecule has 2 unspecified atom stereocenters. The van der Waals surface area contributed by atoms with Crippen LogP contribution >= 0.6 is 15.9 Å². The van der Waals surface area contributed by atoms with Crippen molar-refractivity contribution in [3.05, 3.63) is 16.5 Å². The molecule has 120 valence electrons. The first-order chi connectivity index (χ1) is 9.86. The molecule has 0 aliphatic carbocycles. The predicted molar refractivity (Wildman–Crippen MR) is 85.5 cm³/mol. The van der Waals surface area contributed by atoms with Crippen LogP contribution in [-0.4, -0.2) is 32.4 Å². The lowest BCUT2D eigenvalue weighted by atomic mass is 9.90. The van der Waals surface area contributed by atoms with Crippen LogP contribution in [-0.2, 0) is 16.6 Å². The minimum Gasteiger partial charge on any atom is -0.452 e. The standard InChI is InChI=1S/C14H23BrN2O3S/c1-4-16-8-12-7-13(14(15)20-12)21(18,19)17-6-5-10(2)11(3)9-17/h7,10-11,16H,4-6,8-9H2,1-3H3. The van der Waals surface area contributed by atoms with Gasteiger partial charge in [0.05, 0.1) is 6.54 Å². The molecule has 0 spiro atoms. The lowest BCUT2D eigenvalue weighted by molar-refractivity contribution is 0.212. The highest BCUT2D eigenvalue weighted by Gasteiger charge is 2.34. The minimum atomic E-state index is -3.49. The van der Waals surface area contributed by atoms with Gasteiger partial charge in [-0.05, 0) is 40.7 Å². The Morgan fingerprint density at radius 3 is 2.76 bits per heavy atom. The van der Waals surface area contributed by atoms with E-state index in [0.29, 0.717) is 41.9 Å². The molecule has 1 aromatic rings. The summed E-state index contributed by atoms with van der Waals surface area (Å²) in [6.07, 6.45) is 0.903. The van der Waals surface area contributed by atoms with Crippen LogP contribution in [0.25, 0.3) is 0 Å². The molecule has 0 amide bonds. The van der Waals surface area contributed by atoms with Gasteiger partial charge in [0.15, 0.2) is 4.67 Å². The van der Waals surface area contributed by atoms with E-state index in [2.05, 4.69) is 35.1 Å². The monoisotopic (exact) mass is 378 g/mol. The van der Waals surface area contributed by atoms with Crippen molar-refractivity contribution in [3.8, 4) is 0 Å². The number of nitrogens with one attached hydrogen (secondary N) is 1. The van der Waals surface area contributed by atoms with Gasteiger partial charge in [0.1, 0.15) is 10.7 Å². The average Bonchev–Trinajstić information content (AvgIpc) is 2.81. The lowest BCUT2D eigenvalue weighted by Crippen LogP contribution is -2.42. The average molecular weight is 379 g/mol. The summed E-state index contributed by atoms with van der Waals surface area (Å²) in [6.45, 7) is 8.76. The Morgan fingerprint density at radius 1 is 1.43 bits per heavy atom. The number of rotatable bonds is 5. The number of hydrogen-bond donors (Lipinski definition) is 1. The fourth-order valence-corrected chi connectivity index (χ4v) is 5.01. The molecule has 7 heteroatoms. The summed E-state index contributed by atoms with van der Waals surface area (Å²) in [6, 6.07) is 1.62. The molecule has 1 N–H and O–H groups in total. The Bertz CT molecular complexity index is 585. The van der Waals surface area contributed by atoms with Gasteiger partial charge in [-0.2, -0.15) is 4.31 Å². The van der Waals surface area contributed by atoms with Gasteiger partial charge in [-0.15, -0.1) is 0 Å². The maximum absolute atomic E-state index is 12.8.